The zero-order valence-corrected chi connectivity index (χ0v) is 12.5. The minimum atomic E-state index is -0.420. The van der Waals surface area contributed by atoms with E-state index in [2.05, 4.69) is 25.5 Å². The first-order chi connectivity index (χ1) is 9.70. The summed E-state index contributed by atoms with van der Waals surface area (Å²) in [6, 6.07) is 0. The van der Waals surface area contributed by atoms with Gasteiger partial charge in [-0.15, -0.1) is 5.10 Å². The summed E-state index contributed by atoms with van der Waals surface area (Å²) >= 11 is 0. The number of aromatic amines is 1. The first kappa shape index (κ1) is 14.9. The van der Waals surface area contributed by atoms with Gasteiger partial charge in [-0.2, -0.15) is 0 Å². The summed E-state index contributed by atoms with van der Waals surface area (Å²) in [5.41, 5.74) is 4.98. The van der Waals surface area contributed by atoms with Crippen LogP contribution in [0, 0.1) is 0 Å². The summed E-state index contributed by atoms with van der Waals surface area (Å²) in [7, 11) is 1.69. The number of rotatable bonds is 3. The van der Waals surface area contributed by atoms with Crippen LogP contribution in [0.15, 0.2) is 4.79 Å². The van der Waals surface area contributed by atoms with E-state index in [-0.39, 0.29) is 23.5 Å². The number of nitrogens with one attached hydrogen (secondary N) is 1. The number of aryl methyl sites for hydroxylation is 1. The molecule has 0 aromatic carbocycles. The molecule has 0 fully saturated rings. The topological polar surface area (TPSA) is 145 Å². The predicted molar refractivity (Wildman–Crippen MR) is 77.1 cm³/mol. The van der Waals surface area contributed by atoms with Crippen LogP contribution in [-0.4, -0.2) is 30.2 Å². The van der Waals surface area contributed by atoms with Gasteiger partial charge in [0, 0.05) is 12.5 Å². The molecular formula is C11H19N9O. The van der Waals surface area contributed by atoms with Gasteiger partial charge in [-0.25, -0.2) is 15.5 Å². The first-order valence-electron chi connectivity index (χ1n) is 6.34. The Balaban J connectivity index is 2.41. The molecule has 0 aliphatic carbocycles. The number of tetrazole rings is 1. The Morgan fingerprint density at radius 3 is 2.57 bits per heavy atom. The highest BCUT2D eigenvalue weighted by atomic mass is 16.1. The van der Waals surface area contributed by atoms with Crippen LogP contribution in [-0.2, 0) is 19.0 Å². The van der Waals surface area contributed by atoms with Gasteiger partial charge >= 0.3 is 0 Å². The van der Waals surface area contributed by atoms with Gasteiger partial charge in [0.2, 0.25) is 0 Å². The fourth-order valence-corrected chi connectivity index (χ4v) is 1.65. The maximum absolute atomic E-state index is 11.9. The smallest absolute Gasteiger partial charge is 0.276 e. The SMILES string of the molecule is Cn1nnnc1CN(N)c1nc(C(C)(C)C)[nH]c(=O)c1N. The van der Waals surface area contributed by atoms with Crippen LogP contribution in [0.5, 0.6) is 0 Å². The van der Waals surface area contributed by atoms with Crippen molar-refractivity contribution in [2.24, 2.45) is 12.9 Å². The van der Waals surface area contributed by atoms with Gasteiger partial charge in [-0.1, -0.05) is 20.8 Å². The minimum Gasteiger partial charge on any atom is -0.391 e. The Hall–Kier alpha value is -2.49. The van der Waals surface area contributed by atoms with E-state index in [9.17, 15) is 4.79 Å². The Bertz CT molecular complexity index is 696. The molecule has 0 amide bonds. The number of hydrogen-bond acceptors (Lipinski definition) is 8. The van der Waals surface area contributed by atoms with Crippen molar-refractivity contribution in [1.82, 2.24) is 30.2 Å². The van der Waals surface area contributed by atoms with Gasteiger partial charge < -0.3 is 10.7 Å². The van der Waals surface area contributed by atoms with Crippen molar-refractivity contribution >= 4 is 11.5 Å². The average molecular weight is 293 g/mol. The van der Waals surface area contributed by atoms with Crippen molar-refractivity contribution in [3.05, 3.63) is 22.0 Å². The highest BCUT2D eigenvalue weighted by Gasteiger charge is 2.22. The number of anilines is 2. The van der Waals surface area contributed by atoms with E-state index in [1.54, 1.807) is 7.05 Å². The number of nitrogens with zero attached hydrogens (tertiary/aromatic N) is 6. The van der Waals surface area contributed by atoms with Gasteiger partial charge in [0.15, 0.2) is 11.6 Å². The fraction of sp³-hybridized carbons (Fsp3) is 0.545. The quantitative estimate of drug-likeness (QED) is 0.485. The van der Waals surface area contributed by atoms with Gasteiger partial charge in [-0.05, 0) is 10.4 Å². The maximum Gasteiger partial charge on any atom is 0.276 e. The predicted octanol–water partition coefficient (Wildman–Crippen LogP) is -0.947. The molecule has 5 N–H and O–H groups in total. The fourth-order valence-electron chi connectivity index (χ4n) is 1.65. The lowest BCUT2D eigenvalue weighted by molar-refractivity contribution is 0.541. The van der Waals surface area contributed by atoms with Crippen molar-refractivity contribution in [2.75, 3.05) is 10.7 Å². The Morgan fingerprint density at radius 1 is 1.38 bits per heavy atom. The number of hydrazine groups is 1. The second-order valence-corrected chi connectivity index (χ2v) is 5.75. The highest BCUT2D eigenvalue weighted by molar-refractivity contribution is 5.60. The third kappa shape index (κ3) is 2.99. The van der Waals surface area contributed by atoms with Crippen LogP contribution in [0.3, 0.4) is 0 Å². The third-order valence-electron chi connectivity index (χ3n) is 2.94. The van der Waals surface area contributed by atoms with E-state index >= 15 is 0 Å². The second kappa shape index (κ2) is 5.13. The molecule has 0 unspecified atom stereocenters. The van der Waals surface area contributed by atoms with Crippen molar-refractivity contribution in [2.45, 2.75) is 32.7 Å². The zero-order chi connectivity index (χ0) is 15.8. The first-order valence-corrected chi connectivity index (χ1v) is 6.34. The number of aromatic nitrogens is 6. The molecule has 2 aromatic heterocycles. The van der Waals surface area contributed by atoms with Crippen LogP contribution in [0.25, 0.3) is 0 Å². The van der Waals surface area contributed by atoms with E-state index in [0.29, 0.717) is 11.6 Å². The van der Waals surface area contributed by atoms with Crippen molar-refractivity contribution in [3.8, 4) is 0 Å². The van der Waals surface area contributed by atoms with Crippen LogP contribution in [0.4, 0.5) is 11.5 Å². The minimum absolute atomic E-state index is 0.0411. The van der Waals surface area contributed by atoms with Gasteiger partial charge in [0.25, 0.3) is 5.56 Å². The molecule has 21 heavy (non-hydrogen) atoms. The third-order valence-corrected chi connectivity index (χ3v) is 2.94. The van der Waals surface area contributed by atoms with Crippen molar-refractivity contribution < 1.29 is 0 Å². The van der Waals surface area contributed by atoms with Crippen LogP contribution in [0.2, 0.25) is 0 Å². The molecule has 10 heteroatoms. The Labute approximate surface area is 121 Å². The molecule has 2 heterocycles. The summed E-state index contributed by atoms with van der Waals surface area (Å²) in [6.45, 7) is 5.96. The molecule has 0 saturated carbocycles. The molecule has 114 valence electrons. The standard InChI is InChI=1S/C11H19N9O/c1-11(2,3)10-14-8(7(12)9(21)15-10)20(13)5-6-16-17-18-19(6)4/h5,12-13H2,1-4H3,(H,14,15,21). The van der Waals surface area contributed by atoms with Crippen LogP contribution >= 0.6 is 0 Å². The Morgan fingerprint density at radius 2 is 2.05 bits per heavy atom. The number of nitrogen functional groups attached to an aromatic ring is 1. The summed E-state index contributed by atoms with van der Waals surface area (Å²) in [4.78, 5) is 19.0. The monoisotopic (exact) mass is 293 g/mol. The number of H-pyrrole nitrogens is 1. The largest absolute Gasteiger partial charge is 0.391 e. The molecule has 0 atom stereocenters. The van der Waals surface area contributed by atoms with E-state index < -0.39 is 5.56 Å². The van der Waals surface area contributed by atoms with E-state index in [1.807, 2.05) is 20.8 Å². The molecule has 0 bridgehead atoms. The summed E-state index contributed by atoms with van der Waals surface area (Å²) in [5, 5.41) is 12.3. The lowest BCUT2D eigenvalue weighted by Gasteiger charge is -2.22. The molecule has 0 saturated heterocycles. The molecule has 0 radical (unpaired) electrons. The van der Waals surface area contributed by atoms with E-state index in [4.69, 9.17) is 11.6 Å². The maximum atomic E-state index is 11.9. The van der Waals surface area contributed by atoms with Crippen LogP contribution in [0.1, 0.15) is 32.4 Å². The Kier molecular flexibility index (Phi) is 3.64. The number of hydrogen-bond donors (Lipinski definition) is 3. The van der Waals surface area contributed by atoms with Crippen LogP contribution < -0.4 is 22.1 Å². The summed E-state index contributed by atoms with van der Waals surface area (Å²) in [6.07, 6.45) is 0. The molecule has 0 spiro atoms. The number of nitrogens with two attached hydrogens (primary N) is 2. The molecule has 0 aliphatic rings. The van der Waals surface area contributed by atoms with Gasteiger partial charge in [-0.3, -0.25) is 9.80 Å². The highest BCUT2D eigenvalue weighted by Crippen LogP contribution is 2.22. The van der Waals surface area contributed by atoms with Crippen molar-refractivity contribution in [3.63, 3.8) is 0 Å². The average Bonchev–Trinajstić information content (AvgIpc) is 2.76. The normalized spacial score (nSPS) is 11.7. The molecule has 2 aromatic rings. The molecular weight excluding hydrogens is 274 g/mol. The summed E-state index contributed by atoms with van der Waals surface area (Å²) < 4.78 is 1.48. The molecule has 2 rings (SSSR count). The lowest BCUT2D eigenvalue weighted by Crippen LogP contribution is -2.36. The van der Waals surface area contributed by atoms with E-state index in [0.717, 1.165) is 0 Å². The van der Waals surface area contributed by atoms with E-state index in [1.165, 1.54) is 9.69 Å². The van der Waals surface area contributed by atoms with Crippen molar-refractivity contribution in [1.29, 1.82) is 0 Å². The molecule has 10 nitrogen and oxygen atoms in total. The van der Waals surface area contributed by atoms with Gasteiger partial charge in [0.1, 0.15) is 11.5 Å². The van der Waals surface area contributed by atoms with Gasteiger partial charge in [0.05, 0.1) is 6.54 Å². The summed E-state index contributed by atoms with van der Waals surface area (Å²) in [5.74, 6) is 7.19. The molecule has 0 aliphatic heterocycles. The second-order valence-electron chi connectivity index (χ2n) is 5.75. The lowest BCUT2D eigenvalue weighted by atomic mass is 9.96. The zero-order valence-electron chi connectivity index (χ0n) is 12.5.